The van der Waals surface area contributed by atoms with Gasteiger partial charge in [-0.05, 0) is 11.1 Å². The van der Waals surface area contributed by atoms with E-state index in [4.69, 9.17) is 0 Å². The number of hydrogen-bond donors (Lipinski definition) is 0. The number of rotatable bonds is 1. The summed E-state index contributed by atoms with van der Waals surface area (Å²) in [6, 6.07) is 20.8. The molecule has 0 aliphatic heterocycles. The Labute approximate surface area is 120 Å². The molecule has 0 fully saturated rings. The van der Waals surface area contributed by atoms with Crippen molar-refractivity contribution >= 4 is 31.2 Å². The van der Waals surface area contributed by atoms with Crippen LogP contribution >= 0.6 is 24.0 Å². The van der Waals surface area contributed by atoms with Crippen molar-refractivity contribution in [1.29, 1.82) is 0 Å². The van der Waals surface area contributed by atoms with E-state index in [0.717, 1.165) is 0 Å². The van der Waals surface area contributed by atoms with E-state index in [1.54, 1.807) is 0 Å². The van der Waals surface area contributed by atoms with Crippen LogP contribution in [0.15, 0.2) is 60.7 Å². The van der Waals surface area contributed by atoms with Crippen molar-refractivity contribution in [2.24, 2.45) is 0 Å². The van der Waals surface area contributed by atoms with Gasteiger partial charge in [-0.3, -0.25) is 0 Å². The maximum atomic E-state index is 9.75. The molecule has 0 aliphatic rings. The standard InChI is InChI=1S/C12H10.BF4.HI/c1-3-7-11(8-4-1)12-9-5-2-6-10-12;2-1(3,4)5;/h1-10H;;1H/q;-1;. The molecular weight excluding hydrogens is 358 g/mol. The number of halogens is 5. The summed E-state index contributed by atoms with van der Waals surface area (Å²) in [4.78, 5) is 0. The summed E-state index contributed by atoms with van der Waals surface area (Å²) in [6.07, 6.45) is 0. The van der Waals surface area contributed by atoms with Gasteiger partial charge in [0.15, 0.2) is 0 Å². The molecule has 2 aromatic carbocycles. The van der Waals surface area contributed by atoms with Crippen molar-refractivity contribution in [1.82, 2.24) is 0 Å². The van der Waals surface area contributed by atoms with Crippen LogP contribution in [0.2, 0.25) is 0 Å². The molecule has 18 heavy (non-hydrogen) atoms. The second kappa shape index (κ2) is 8.13. The summed E-state index contributed by atoms with van der Waals surface area (Å²) in [5, 5.41) is 0. The first-order chi connectivity index (χ1) is 7.97. The van der Waals surface area contributed by atoms with Gasteiger partial charge in [0, 0.05) is 0 Å². The zero-order valence-electron chi connectivity index (χ0n) is 9.27. The Bertz CT molecular complexity index is 387. The fourth-order valence-electron chi connectivity index (χ4n) is 1.26. The van der Waals surface area contributed by atoms with Crippen LogP contribution in [0.3, 0.4) is 0 Å². The fourth-order valence-corrected chi connectivity index (χ4v) is 1.26. The lowest BCUT2D eigenvalue weighted by molar-refractivity contribution is 0.368. The highest BCUT2D eigenvalue weighted by Crippen LogP contribution is 2.17. The normalized spacial score (nSPS) is 9.78. The average molecular weight is 369 g/mol. The van der Waals surface area contributed by atoms with Crippen molar-refractivity contribution in [2.75, 3.05) is 0 Å². The molecular formula is C12H11BF4I-. The molecule has 0 nitrogen and oxygen atoms in total. The largest absolute Gasteiger partial charge is 0.673 e. The zero-order chi connectivity index (χ0) is 12.7. The van der Waals surface area contributed by atoms with Gasteiger partial charge in [-0.15, -0.1) is 24.0 Å². The van der Waals surface area contributed by atoms with Crippen molar-refractivity contribution < 1.29 is 17.3 Å². The summed E-state index contributed by atoms with van der Waals surface area (Å²) >= 11 is 0. The highest BCUT2D eigenvalue weighted by molar-refractivity contribution is 14.0. The summed E-state index contributed by atoms with van der Waals surface area (Å²) in [6.45, 7) is 0. The highest BCUT2D eigenvalue weighted by Gasteiger charge is 2.20. The second-order valence-corrected chi connectivity index (χ2v) is 3.23. The molecule has 6 heteroatoms. The lowest BCUT2D eigenvalue weighted by Gasteiger charge is -1.98. The van der Waals surface area contributed by atoms with Gasteiger partial charge in [0.25, 0.3) is 0 Å². The third-order valence-corrected chi connectivity index (χ3v) is 1.88. The molecule has 0 spiro atoms. The summed E-state index contributed by atoms with van der Waals surface area (Å²) < 4.78 is 39.0. The summed E-state index contributed by atoms with van der Waals surface area (Å²) in [5.74, 6) is 0. The minimum atomic E-state index is -6.00. The molecule has 0 aliphatic carbocycles. The summed E-state index contributed by atoms with van der Waals surface area (Å²) in [5.41, 5.74) is 2.55. The van der Waals surface area contributed by atoms with Gasteiger partial charge in [-0.2, -0.15) is 0 Å². The highest BCUT2D eigenvalue weighted by atomic mass is 127. The van der Waals surface area contributed by atoms with E-state index in [0.29, 0.717) is 0 Å². The Kier molecular flexibility index (Phi) is 7.65. The van der Waals surface area contributed by atoms with Gasteiger partial charge in [0.1, 0.15) is 0 Å². The molecule has 98 valence electrons. The van der Waals surface area contributed by atoms with Crippen LogP contribution in [0.4, 0.5) is 17.3 Å². The monoisotopic (exact) mass is 369 g/mol. The van der Waals surface area contributed by atoms with Gasteiger partial charge >= 0.3 is 7.25 Å². The fraction of sp³-hybridized carbons (Fsp3) is 0. The zero-order valence-corrected chi connectivity index (χ0v) is 11.6. The predicted molar refractivity (Wildman–Crippen MR) is 77.5 cm³/mol. The Balaban J connectivity index is 0.000000421. The Morgan fingerprint density at radius 2 is 0.778 bits per heavy atom. The van der Waals surface area contributed by atoms with E-state index in [-0.39, 0.29) is 24.0 Å². The predicted octanol–water partition coefficient (Wildman–Crippen LogP) is 5.27. The van der Waals surface area contributed by atoms with Gasteiger partial charge in [-0.1, -0.05) is 60.7 Å². The van der Waals surface area contributed by atoms with Crippen LogP contribution in [0.1, 0.15) is 0 Å². The quantitative estimate of drug-likeness (QED) is 0.365. The molecule has 0 aromatic heterocycles. The first-order valence-electron chi connectivity index (χ1n) is 4.94. The molecule has 0 saturated carbocycles. The molecule has 0 heterocycles. The molecule has 2 rings (SSSR count). The molecule has 0 N–H and O–H groups in total. The molecule has 0 radical (unpaired) electrons. The van der Waals surface area contributed by atoms with E-state index < -0.39 is 7.25 Å². The van der Waals surface area contributed by atoms with Crippen LogP contribution < -0.4 is 0 Å². The van der Waals surface area contributed by atoms with E-state index in [1.807, 2.05) is 12.1 Å². The smallest absolute Gasteiger partial charge is 0.418 e. The summed E-state index contributed by atoms with van der Waals surface area (Å²) in [7, 11) is -6.00. The second-order valence-electron chi connectivity index (χ2n) is 3.23. The van der Waals surface area contributed by atoms with Gasteiger partial charge in [-0.25, -0.2) is 0 Å². The molecule has 0 bridgehead atoms. The first kappa shape index (κ1) is 17.0. The van der Waals surface area contributed by atoms with Gasteiger partial charge in [0.2, 0.25) is 0 Å². The lowest BCUT2D eigenvalue weighted by atomic mass is 10.1. The first-order valence-corrected chi connectivity index (χ1v) is 4.94. The SMILES string of the molecule is F[B-](F)(F)F.I.c1ccc(-c2ccccc2)cc1. The Morgan fingerprint density at radius 1 is 0.556 bits per heavy atom. The molecule has 0 unspecified atom stereocenters. The van der Waals surface area contributed by atoms with E-state index in [9.17, 15) is 17.3 Å². The van der Waals surface area contributed by atoms with Crippen LogP contribution in [-0.4, -0.2) is 7.25 Å². The van der Waals surface area contributed by atoms with Crippen LogP contribution in [0, 0.1) is 0 Å². The topological polar surface area (TPSA) is 0 Å². The van der Waals surface area contributed by atoms with E-state index >= 15 is 0 Å². The van der Waals surface area contributed by atoms with Crippen LogP contribution in [0.25, 0.3) is 11.1 Å². The third-order valence-electron chi connectivity index (χ3n) is 1.88. The van der Waals surface area contributed by atoms with Crippen molar-refractivity contribution in [2.45, 2.75) is 0 Å². The van der Waals surface area contributed by atoms with Crippen LogP contribution in [0.5, 0.6) is 0 Å². The number of benzene rings is 2. The average Bonchev–Trinajstić information content (AvgIpc) is 2.29. The lowest BCUT2D eigenvalue weighted by Crippen LogP contribution is -2.02. The maximum Gasteiger partial charge on any atom is 0.673 e. The Hall–Kier alpha value is -1.05. The molecule has 2 aromatic rings. The van der Waals surface area contributed by atoms with Crippen LogP contribution in [-0.2, 0) is 0 Å². The maximum absolute atomic E-state index is 9.75. The van der Waals surface area contributed by atoms with Crippen molar-refractivity contribution in [3.05, 3.63) is 60.7 Å². The molecule has 0 amide bonds. The number of hydrogen-bond acceptors (Lipinski definition) is 0. The molecule has 0 saturated heterocycles. The van der Waals surface area contributed by atoms with E-state index in [2.05, 4.69) is 48.5 Å². The minimum absolute atomic E-state index is 0. The van der Waals surface area contributed by atoms with Crippen molar-refractivity contribution in [3.63, 3.8) is 0 Å². The third kappa shape index (κ3) is 8.11. The van der Waals surface area contributed by atoms with Crippen molar-refractivity contribution in [3.8, 4) is 11.1 Å². The van der Waals surface area contributed by atoms with E-state index in [1.165, 1.54) is 11.1 Å². The van der Waals surface area contributed by atoms with Gasteiger partial charge < -0.3 is 17.3 Å². The Morgan fingerprint density at radius 3 is 1.00 bits per heavy atom. The van der Waals surface area contributed by atoms with Gasteiger partial charge in [0.05, 0.1) is 0 Å². The molecule has 0 atom stereocenters. The minimum Gasteiger partial charge on any atom is -0.418 e.